The zero-order chi connectivity index (χ0) is 27.7. The molecule has 1 N–H and O–H groups in total. The highest BCUT2D eigenvalue weighted by Crippen LogP contribution is 2.37. The van der Waals surface area contributed by atoms with Crippen molar-refractivity contribution < 1.29 is 24.2 Å². The van der Waals surface area contributed by atoms with Gasteiger partial charge in [-0.15, -0.1) is 0 Å². The Morgan fingerprint density at radius 2 is 1.63 bits per heavy atom. The molecule has 0 amide bonds. The minimum Gasteiger partial charge on any atom is -0.426 e. The first kappa shape index (κ1) is 28.6. The highest BCUT2D eigenvalue weighted by atomic mass is 16.5. The summed E-state index contributed by atoms with van der Waals surface area (Å²) < 4.78 is 5.96. The molecule has 0 aromatic heterocycles. The number of hydrogen-bond acceptors (Lipinski definition) is 6. The van der Waals surface area contributed by atoms with Crippen molar-refractivity contribution in [1.29, 1.82) is 0 Å². The number of carbonyl (C=O) groups is 1. The predicted octanol–water partition coefficient (Wildman–Crippen LogP) is 5.68. The van der Waals surface area contributed by atoms with Crippen LogP contribution in [-0.2, 0) is 21.0 Å². The van der Waals surface area contributed by atoms with Crippen molar-refractivity contribution in [2.24, 2.45) is 5.92 Å². The number of rotatable bonds is 12. The summed E-state index contributed by atoms with van der Waals surface area (Å²) in [5, 5.41) is 9.88. The van der Waals surface area contributed by atoms with E-state index >= 15 is 0 Å². The van der Waals surface area contributed by atoms with Crippen LogP contribution < -0.4 is 4.74 Å². The van der Waals surface area contributed by atoms with Gasteiger partial charge in [-0.3, -0.25) is 4.79 Å². The number of allylic oxidation sites excluding steroid dienone is 2. The smallest absolute Gasteiger partial charge is 0.314 e. The Morgan fingerprint density at radius 1 is 1.03 bits per heavy atom. The van der Waals surface area contributed by atoms with Gasteiger partial charge in [0.1, 0.15) is 17.6 Å². The van der Waals surface area contributed by atoms with Crippen molar-refractivity contribution in [3.63, 3.8) is 0 Å². The van der Waals surface area contributed by atoms with Crippen molar-refractivity contribution in [2.45, 2.75) is 58.5 Å². The Bertz CT molecular complexity index is 1240. The van der Waals surface area contributed by atoms with Gasteiger partial charge in [0.15, 0.2) is 0 Å². The molecule has 1 aliphatic rings. The second-order valence-electron chi connectivity index (χ2n) is 9.68. The van der Waals surface area contributed by atoms with E-state index in [1.165, 1.54) is 0 Å². The average Bonchev–Trinajstić information content (AvgIpc) is 3.50. The van der Waals surface area contributed by atoms with Crippen LogP contribution >= 0.6 is 0 Å². The maximum absolute atomic E-state index is 13.0. The summed E-state index contributed by atoms with van der Waals surface area (Å²) in [6.45, 7) is 11.5. The van der Waals surface area contributed by atoms with Crippen LogP contribution in [0.2, 0.25) is 0 Å². The van der Waals surface area contributed by atoms with Crippen LogP contribution in [-0.4, -0.2) is 34.4 Å². The summed E-state index contributed by atoms with van der Waals surface area (Å²) in [5.41, 5.74) is 3.85. The zero-order valence-corrected chi connectivity index (χ0v) is 22.2. The van der Waals surface area contributed by atoms with Crippen molar-refractivity contribution in [1.82, 2.24) is 4.90 Å². The molecule has 2 aromatic carbocycles. The number of ether oxygens (including phenoxy) is 1. The predicted molar refractivity (Wildman–Crippen MR) is 148 cm³/mol. The number of carbonyl (C=O) groups excluding carboxylic acids is 3. The molecule has 0 aliphatic heterocycles. The van der Waals surface area contributed by atoms with E-state index in [9.17, 15) is 19.5 Å². The molecule has 0 saturated heterocycles. The van der Waals surface area contributed by atoms with Gasteiger partial charge in [-0.1, -0.05) is 62.4 Å². The molecule has 2 aromatic rings. The molecule has 38 heavy (non-hydrogen) atoms. The molecular weight excluding hydrogens is 478 g/mol. The summed E-state index contributed by atoms with van der Waals surface area (Å²) >= 11 is 0. The molecule has 1 saturated carbocycles. The van der Waals surface area contributed by atoms with Gasteiger partial charge in [0.25, 0.3) is 0 Å². The average molecular weight is 514 g/mol. The highest BCUT2D eigenvalue weighted by molar-refractivity contribution is 5.76. The number of aliphatic hydroxyl groups excluding tert-OH is 1. The molecule has 0 bridgehead atoms. The monoisotopic (exact) mass is 513 g/mol. The topological polar surface area (TPSA) is 83.9 Å². The van der Waals surface area contributed by atoms with Gasteiger partial charge in [0, 0.05) is 29.4 Å². The van der Waals surface area contributed by atoms with Crippen molar-refractivity contribution in [2.75, 3.05) is 6.54 Å². The first-order valence-corrected chi connectivity index (χ1v) is 12.9. The van der Waals surface area contributed by atoms with Gasteiger partial charge in [0.2, 0.25) is 0 Å². The number of benzene rings is 2. The van der Waals surface area contributed by atoms with E-state index in [1.54, 1.807) is 30.9 Å². The Kier molecular flexibility index (Phi) is 10.2. The van der Waals surface area contributed by atoms with E-state index in [4.69, 9.17) is 4.74 Å². The van der Waals surface area contributed by atoms with Gasteiger partial charge in [0.05, 0.1) is 23.7 Å². The largest absolute Gasteiger partial charge is 0.426 e. The Morgan fingerprint density at radius 3 is 2.18 bits per heavy atom. The maximum Gasteiger partial charge on any atom is 0.314 e. The molecule has 6 nitrogen and oxygen atoms in total. The van der Waals surface area contributed by atoms with E-state index in [0.29, 0.717) is 46.8 Å². The van der Waals surface area contributed by atoms with Gasteiger partial charge >= 0.3 is 5.97 Å². The number of esters is 1. The van der Waals surface area contributed by atoms with Crippen LogP contribution in [0.15, 0.2) is 84.2 Å². The van der Waals surface area contributed by atoms with E-state index in [-0.39, 0.29) is 24.4 Å². The molecule has 1 fully saturated rings. The Balaban J connectivity index is 2.03. The Labute approximate surface area is 224 Å². The fourth-order valence-corrected chi connectivity index (χ4v) is 4.82. The van der Waals surface area contributed by atoms with Gasteiger partial charge in [-0.2, -0.15) is 0 Å². The molecule has 0 spiro atoms. The van der Waals surface area contributed by atoms with Crippen molar-refractivity contribution >= 4 is 17.9 Å². The second kappa shape index (κ2) is 13.6. The summed E-state index contributed by atoms with van der Waals surface area (Å²) in [7, 11) is 0. The molecule has 1 unspecified atom stereocenters. The van der Waals surface area contributed by atoms with E-state index < -0.39 is 0 Å². The number of hydrogen-bond donors (Lipinski definition) is 1. The lowest BCUT2D eigenvalue weighted by atomic mass is 9.86. The number of aliphatic hydroxyl groups is 1. The van der Waals surface area contributed by atoms with Crippen LogP contribution in [0.4, 0.5) is 0 Å². The quantitative estimate of drug-likeness (QED) is 0.170. The first-order chi connectivity index (χ1) is 18.3. The lowest BCUT2D eigenvalue weighted by molar-refractivity contribution is -0.138. The van der Waals surface area contributed by atoms with E-state index in [0.717, 1.165) is 36.8 Å². The minimum absolute atomic E-state index is 0.103. The SMILES string of the molecule is C=C(C(C)=C=O)N(CCC(c1ccccc1)c1cc(CO)ccc1OC(=O)C1CCCC1)C(=C)C(C)=C=O. The normalized spacial score (nSPS) is 13.7. The third kappa shape index (κ3) is 6.87. The zero-order valence-electron chi connectivity index (χ0n) is 22.2. The maximum atomic E-state index is 13.0. The van der Waals surface area contributed by atoms with Crippen LogP contribution in [0.25, 0.3) is 0 Å². The molecule has 6 heteroatoms. The third-order valence-corrected chi connectivity index (χ3v) is 7.20. The summed E-state index contributed by atoms with van der Waals surface area (Å²) in [6, 6.07) is 15.2. The molecular formula is C32H35NO5. The molecule has 198 valence electrons. The highest BCUT2D eigenvalue weighted by Gasteiger charge is 2.28. The second-order valence-corrected chi connectivity index (χ2v) is 9.68. The molecule has 0 radical (unpaired) electrons. The minimum atomic E-state index is -0.238. The third-order valence-electron chi connectivity index (χ3n) is 7.20. The first-order valence-electron chi connectivity index (χ1n) is 12.9. The van der Waals surface area contributed by atoms with E-state index in [2.05, 4.69) is 13.2 Å². The van der Waals surface area contributed by atoms with Crippen LogP contribution in [0, 0.1) is 5.92 Å². The number of nitrogens with zero attached hydrogens (tertiary/aromatic N) is 1. The molecule has 1 atom stereocenters. The summed E-state index contributed by atoms with van der Waals surface area (Å²) in [4.78, 5) is 37.4. The standard InChI is InChI=1S/C32H35NO5/c1-22(19-34)24(3)33(25(4)23(2)20-35)17-16-29(27-10-6-5-7-11-27)30-18-26(21-36)14-15-31(30)38-32(37)28-12-8-9-13-28/h5-7,10-11,14-15,18,28-29,36H,3-4,8-9,12-13,16-17,21H2,1-2H3. The summed E-state index contributed by atoms with van der Waals surface area (Å²) in [5.74, 6) is 3.64. The fraction of sp³-hybridized carbons (Fsp3) is 0.344. The van der Waals surface area contributed by atoms with Crippen molar-refractivity contribution in [3.8, 4) is 5.75 Å². The lowest BCUT2D eigenvalue weighted by Gasteiger charge is -2.30. The van der Waals surface area contributed by atoms with Crippen molar-refractivity contribution in [3.05, 3.63) is 101 Å². The van der Waals surface area contributed by atoms with Gasteiger partial charge in [-0.25, -0.2) is 9.59 Å². The lowest BCUT2D eigenvalue weighted by Crippen LogP contribution is -2.26. The fourth-order valence-electron chi connectivity index (χ4n) is 4.82. The molecule has 1 aliphatic carbocycles. The molecule has 0 heterocycles. The Hall–Kier alpha value is -3.95. The summed E-state index contributed by atoms with van der Waals surface area (Å²) in [6.07, 6.45) is 4.21. The van der Waals surface area contributed by atoms with Gasteiger partial charge in [-0.05, 0) is 56.4 Å². The van der Waals surface area contributed by atoms with Gasteiger partial charge < -0.3 is 14.7 Å². The van der Waals surface area contributed by atoms with Crippen LogP contribution in [0.5, 0.6) is 5.75 Å². The van der Waals surface area contributed by atoms with Crippen LogP contribution in [0.1, 0.15) is 68.6 Å². The van der Waals surface area contributed by atoms with E-state index in [1.807, 2.05) is 48.3 Å². The van der Waals surface area contributed by atoms with Crippen LogP contribution in [0.3, 0.4) is 0 Å². The molecule has 3 rings (SSSR count).